The van der Waals surface area contributed by atoms with E-state index in [-0.39, 0.29) is 17.0 Å². The van der Waals surface area contributed by atoms with Crippen molar-refractivity contribution in [2.45, 2.75) is 6.92 Å². The van der Waals surface area contributed by atoms with Crippen molar-refractivity contribution >= 4 is 38.8 Å². The fourth-order valence-electron chi connectivity index (χ4n) is 3.10. The van der Waals surface area contributed by atoms with Gasteiger partial charge in [0.15, 0.2) is 5.75 Å². The van der Waals surface area contributed by atoms with Gasteiger partial charge in [0.1, 0.15) is 5.01 Å². The highest BCUT2D eigenvalue weighted by atomic mass is 32.1. The summed E-state index contributed by atoms with van der Waals surface area (Å²) in [5, 5.41) is 14.9. The number of para-hydroxylation sites is 1. The van der Waals surface area contributed by atoms with E-state index >= 15 is 0 Å². The molecule has 1 aromatic heterocycles. The molecule has 4 rings (SSSR count). The van der Waals surface area contributed by atoms with Gasteiger partial charge in [0.05, 0.1) is 22.2 Å². The van der Waals surface area contributed by atoms with Crippen LogP contribution in [0.25, 0.3) is 20.8 Å². The predicted molar refractivity (Wildman–Crippen MR) is 117 cm³/mol. The van der Waals surface area contributed by atoms with E-state index in [1.54, 1.807) is 11.3 Å². The highest BCUT2D eigenvalue weighted by Gasteiger charge is 2.19. The summed E-state index contributed by atoms with van der Waals surface area (Å²) in [4.78, 5) is 27.9. The molecule has 0 aliphatic rings. The first-order chi connectivity index (χ1) is 14.5. The number of nitro groups is 1. The number of ether oxygens (including phenoxy) is 1. The van der Waals surface area contributed by atoms with Crippen LogP contribution in [0, 0.1) is 17.0 Å². The van der Waals surface area contributed by atoms with Crippen LogP contribution in [0.15, 0.2) is 60.7 Å². The molecule has 0 unspecified atom stereocenters. The molecule has 0 saturated carbocycles. The molecule has 8 heteroatoms. The Morgan fingerprint density at radius 2 is 1.93 bits per heavy atom. The van der Waals surface area contributed by atoms with Crippen LogP contribution in [0.3, 0.4) is 0 Å². The largest absolute Gasteiger partial charge is 0.490 e. The number of aromatic nitrogens is 1. The van der Waals surface area contributed by atoms with Gasteiger partial charge in [-0.1, -0.05) is 12.1 Å². The second-order valence-electron chi connectivity index (χ2n) is 6.61. The number of methoxy groups -OCH3 is 1. The van der Waals surface area contributed by atoms with E-state index in [0.717, 1.165) is 26.4 Å². The van der Waals surface area contributed by atoms with Crippen molar-refractivity contribution in [1.82, 2.24) is 4.98 Å². The summed E-state index contributed by atoms with van der Waals surface area (Å²) in [5.74, 6) is -0.329. The van der Waals surface area contributed by atoms with Gasteiger partial charge in [-0.15, -0.1) is 11.3 Å². The van der Waals surface area contributed by atoms with Crippen molar-refractivity contribution in [3.05, 3.63) is 81.9 Å². The van der Waals surface area contributed by atoms with Crippen LogP contribution in [0.4, 0.5) is 11.4 Å². The molecule has 7 nitrogen and oxygen atoms in total. The highest BCUT2D eigenvalue weighted by Crippen LogP contribution is 2.32. The third-order valence-electron chi connectivity index (χ3n) is 4.65. The van der Waals surface area contributed by atoms with Crippen LogP contribution < -0.4 is 10.1 Å². The van der Waals surface area contributed by atoms with Gasteiger partial charge >= 0.3 is 5.69 Å². The molecule has 4 aromatic rings. The normalized spacial score (nSPS) is 10.7. The zero-order valence-corrected chi connectivity index (χ0v) is 17.0. The number of nitrogens with one attached hydrogen (secondary N) is 1. The Bertz CT molecular complexity index is 1250. The average Bonchev–Trinajstić information content (AvgIpc) is 3.18. The molecule has 1 amide bonds. The van der Waals surface area contributed by atoms with Crippen LogP contribution in [0.1, 0.15) is 15.9 Å². The van der Waals surface area contributed by atoms with Crippen molar-refractivity contribution in [2.24, 2.45) is 0 Å². The second kappa shape index (κ2) is 7.92. The Labute approximate surface area is 176 Å². The van der Waals surface area contributed by atoms with E-state index in [4.69, 9.17) is 4.74 Å². The van der Waals surface area contributed by atoms with Gasteiger partial charge in [-0.2, -0.15) is 0 Å². The molecule has 0 bridgehead atoms. The first-order valence-corrected chi connectivity index (χ1v) is 9.88. The third kappa shape index (κ3) is 3.72. The van der Waals surface area contributed by atoms with Crippen LogP contribution in [0.5, 0.6) is 5.75 Å². The Kier molecular flexibility index (Phi) is 5.16. The molecule has 0 fully saturated rings. The number of benzene rings is 3. The van der Waals surface area contributed by atoms with Crippen LogP contribution >= 0.6 is 11.3 Å². The maximum Gasteiger partial charge on any atom is 0.311 e. The minimum absolute atomic E-state index is 0.105. The maximum atomic E-state index is 12.6. The number of amides is 1. The Hall–Kier alpha value is -3.78. The van der Waals surface area contributed by atoms with Crippen molar-refractivity contribution < 1.29 is 14.5 Å². The van der Waals surface area contributed by atoms with Gasteiger partial charge in [-0.3, -0.25) is 14.9 Å². The summed E-state index contributed by atoms with van der Waals surface area (Å²) in [5.41, 5.74) is 3.33. The number of hydrogen-bond donors (Lipinski definition) is 1. The molecule has 0 radical (unpaired) electrons. The number of fused-ring (bicyclic) bond motifs is 1. The number of thiazole rings is 1. The topological polar surface area (TPSA) is 94.4 Å². The molecule has 150 valence electrons. The molecule has 0 aliphatic carbocycles. The summed E-state index contributed by atoms with van der Waals surface area (Å²) in [6, 6.07) is 17.7. The lowest BCUT2D eigenvalue weighted by Crippen LogP contribution is -2.13. The van der Waals surface area contributed by atoms with Crippen molar-refractivity contribution in [1.29, 1.82) is 0 Å². The zero-order valence-electron chi connectivity index (χ0n) is 16.2. The van der Waals surface area contributed by atoms with Crippen molar-refractivity contribution in [2.75, 3.05) is 12.4 Å². The van der Waals surface area contributed by atoms with Crippen LogP contribution in [-0.2, 0) is 0 Å². The van der Waals surface area contributed by atoms with E-state index in [2.05, 4.69) is 10.3 Å². The summed E-state index contributed by atoms with van der Waals surface area (Å²) in [6.45, 7) is 1.89. The molecular formula is C22H17N3O4S. The van der Waals surface area contributed by atoms with E-state index in [1.807, 2.05) is 49.4 Å². The highest BCUT2D eigenvalue weighted by molar-refractivity contribution is 7.21. The second-order valence-corrected chi connectivity index (χ2v) is 7.64. The lowest BCUT2D eigenvalue weighted by molar-refractivity contribution is -0.385. The predicted octanol–water partition coefficient (Wildman–Crippen LogP) is 5.44. The van der Waals surface area contributed by atoms with Gasteiger partial charge in [-0.05, 0) is 55.0 Å². The summed E-state index contributed by atoms with van der Waals surface area (Å²) >= 11 is 1.61. The molecule has 0 atom stereocenters. The zero-order chi connectivity index (χ0) is 21.3. The molecule has 0 spiro atoms. The van der Waals surface area contributed by atoms with Gasteiger partial charge in [0.2, 0.25) is 0 Å². The number of anilines is 1. The Balaban J connectivity index is 1.59. The van der Waals surface area contributed by atoms with Gasteiger partial charge in [0, 0.05) is 22.9 Å². The van der Waals surface area contributed by atoms with Gasteiger partial charge in [0.25, 0.3) is 5.91 Å². The average molecular weight is 419 g/mol. The fraction of sp³-hybridized carbons (Fsp3) is 0.0909. The molecule has 3 aromatic carbocycles. The van der Waals surface area contributed by atoms with Crippen molar-refractivity contribution in [3.63, 3.8) is 0 Å². The smallest absolute Gasteiger partial charge is 0.311 e. The lowest BCUT2D eigenvalue weighted by Gasteiger charge is -2.10. The fourth-order valence-corrected chi connectivity index (χ4v) is 4.06. The van der Waals surface area contributed by atoms with E-state index < -0.39 is 10.8 Å². The number of aryl methyl sites for hydroxylation is 1. The number of nitrogens with zero attached hydrogens (tertiary/aromatic N) is 2. The summed E-state index contributed by atoms with van der Waals surface area (Å²) < 4.78 is 6.09. The molecular weight excluding hydrogens is 402 g/mol. The standard InChI is InChI=1S/C22H17N3O4S/c1-13-11-15(22-24-17-5-3-4-6-20(17)30-22)7-9-16(13)23-21(26)14-8-10-19(29-2)18(12-14)25(27)28/h3-12H,1-2H3,(H,23,26). The summed E-state index contributed by atoms with van der Waals surface area (Å²) in [7, 11) is 1.35. The van der Waals surface area contributed by atoms with Gasteiger partial charge in [-0.25, -0.2) is 4.98 Å². The number of carbonyl (C=O) groups is 1. The molecule has 0 saturated heterocycles. The molecule has 30 heavy (non-hydrogen) atoms. The third-order valence-corrected chi connectivity index (χ3v) is 5.74. The lowest BCUT2D eigenvalue weighted by atomic mass is 10.1. The number of hydrogen-bond acceptors (Lipinski definition) is 6. The Morgan fingerprint density at radius 1 is 1.13 bits per heavy atom. The number of nitro benzene ring substituents is 1. The van der Waals surface area contributed by atoms with Gasteiger partial charge < -0.3 is 10.1 Å². The van der Waals surface area contributed by atoms with E-state index in [1.165, 1.54) is 25.3 Å². The maximum absolute atomic E-state index is 12.6. The monoisotopic (exact) mass is 419 g/mol. The molecule has 0 aliphatic heterocycles. The molecule has 1 heterocycles. The minimum atomic E-state index is -0.576. The Morgan fingerprint density at radius 3 is 2.63 bits per heavy atom. The first-order valence-electron chi connectivity index (χ1n) is 9.06. The number of rotatable bonds is 5. The van der Waals surface area contributed by atoms with Crippen LogP contribution in [0.2, 0.25) is 0 Å². The summed E-state index contributed by atoms with van der Waals surface area (Å²) in [6.07, 6.45) is 0. The van der Waals surface area contributed by atoms with E-state index in [9.17, 15) is 14.9 Å². The minimum Gasteiger partial charge on any atom is -0.490 e. The molecule has 1 N–H and O–H groups in total. The van der Waals surface area contributed by atoms with Crippen molar-refractivity contribution in [3.8, 4) is 16.3 Å². The van der Waals surface area contributed by atoms with Crippen LogP contribution in [-0.4, -0.2) is 22.9 Å². The SMILES string of the molecule is COc1ccc(C(=O)Nc2ccc(-c3nc4ccccc4s3)cc2C)cc1[N+](=O)[O-]. The first kappa shape index (κ1) is 19.5. The quantitative estimate of drug-likeness (QED) is 0.343. The number of carbonyl (C=O) groups excluding carboxylic acids is 1. The van der Waals surface area contributed by atoms with E-state index in [0.29, 0.717) is 5.69 Å².